The van der Waals surface area contributed by atoms with E-state index in [0.717, 1.165) is 44.4 Å². The first-order chi connectivity index (χ1) is 19.9. The number of aromatic amines is 1. The summed E-state index contributed by atoms with van der Waals surface area (Å²) in [5, 5.41) is 24.9. The van der Waals surface area contributed by atoms with Gasteiger partial charge in [0.05, 0.1) is 32.5 Å². The molecule has 2 aromatic heterocycles. The maximum Gasteiger partial charge on any atom is 0.280 e. The number of nitrogens with zero attached hydrogens (tertiary/aromatic N) is 2. The number of nitro groups is 1. The van der Waals surface area contributed by atoms with Crippen LogP contribution in [0.4, 0.5) is 17.1 Å². The zero-order chi connectivity index (χ0) is 28.5. The van der Waals surface area contributed by atoms with Crippen molar-refractivity contribution in [3.63, 3.8) is 0 Å². The lowest BCUT2D eigenvalue weighted by molar-refractivity contribution is -0.383. The molecule has 6 rings (SSSR count). The number of rotatable bonds is 9. The molecule has 9 nitrogen and oxygen atoms in total. The summed E-state index contributed by atoms with van der Waals surface area (Å²) in [6.07, 6.45) is 0. The van der Waals surface area contributed by atoms with Gasteiger partial charge in [-0.3, -0.25) is 14.9 Å². The number of nitrogens with one attached hydrogen (secondary N) is 4. The van der Waals surface area contributed by atoms with Crippen molar-refractivity contribution >= 4 is 60.7 Å². The van der Waals surface area contributed by atoms with Crippen LogP contribution in [-0.4, -0.2) is 41.1 Å². The van der Waals surface area contributed by atoms with Gasteiger partial charge >= 0.3 is 0 Å². The summed E-state index contributed by atoms with van der Waals surface area (Å²) in [6, 6.07) is 22.5. The number of anilines is 2. The van der Waals surface area contributed by atoms with Crippen molar-refractivity contribution in [1.29, 1.82) is 0 Å². The second-order valence-corrected chi connectivity index (χ2v) is 10.2. The number of fused-ring (bicyclic) bond motifs is 4. The van der Waals surface area contributed by atoms with Crippen molar-refractivity contribution in [3.8, 4) is 0 Å². The zero-order valence-corrected chi connectivity index (χ0v) is 22.9. The normalized spacial score (nSPS) is 11.5. The van der Waals surface area contributed by atoms with E-state index >= 15 is 0 Å². The Bertz CT molecular complexity index is 2020. The molecule has 0 unspecified atom stereocenters. The molecule has 0 aliphatic carbocycles. The second-order valence-electron chi connectivity index (χ2n) is 10.2. The third-order valence-electron chi connectivity index (χ3n) is 7.50. The van der Waals surface area contributed by atoms with E-state index in [-0.39, 0.29) is 16.0 Å². The Hall–Kier alpha value is -5.02. The number of benzene rings is 4. The standard InChI is InChI=1S/C32H30N6O3/c1-19-11-13-25(27-29(19)37-24-10-6-4-8-22(24)32(27)39)34-17-15-33-16-18-35-31-21-7-3-5-9-23(21)36-30-20(2)12-14-26(28(30)31)38(40)41/h3-14,33-34H,15-18H2,1-2H3,(H,35,36)(H,37,39). The van der Waals surface area contributed by atoms with Gasteiger partial charge in [0.15, 0.2) is 5.43 Å². The largest absolute Gasteiger partial charge is 0.383 e. The minimum absolute atomic E-state index is 0.0128. The van der Waals surface area contributed by atoms with Crippen molar-refractivity contribution in [2.75, 3.05) is 36.8 Å². The highest BCUT2D eigenvalue weighted by Gasteiger charge is 2.20. The predicted molar refractivity (Wildman–Crippen MR) is 167 cm³/mol. The number of H-pyrrole nitrogens is 1. The van der Waals surface area contributed by atoms with Crippen molar-refractivity contribution in [1.82, 2.24) is 15.3 Å². The monoisotopic (exact) mass is 546 g/mol. The highest BCUT2D eigenvalue weighted by atomic mass is 16.6. The molecule has 206 valence electrons. The van der Waals surface area contributed by atoms with E-state index in [1.165, 1.54) is 0 Å². The van der Waals surface area contributed by atoms with Crippen molar-refractivity contribution in [2.24, 2.45) is 0 Å². The predicted octanol–water partition coefficient (Wildman–Crippen LogP) is 6.02. The van der Waals surface area contributed by atoms with E-state index in [4.69, 9.17) is 4.98 Å². The SMILES string of the molecule is Cc1ccc([N+](=O)[O-])c2c(NCCNCCNc3ccc(C)c4[nH]c5ccccc5c(=O)c34)c3ccccc3nc12. The Labute approximate surface area is 235 Å². The fourth-order valence-electron chi connectivity index (χ4n) is 5.45. The molecule has 0 saturated carbocycles. The smallest absolute Gasteiger partial charge is 0.280 e. The molecule has 0 spiro atoms. The van der Waals surface area contributed by atoms with Crippen LogP contribution >= 0.6 is 0 Å². The van der Waals surface area contributed by atoms with Gasteiger partial charge in [0, 0.05) is 54.2 Å². The zero-order valence-electron chi connectivity index (χ0n) is 22.9. The molecule has 4 aromatic carbocycles. The van der Waals surface area contributed by atoms with Crippen LogP contribution in [0, 0.1) is 24.0 Å². The molecule has 6 aromatic rings. The minimum atomic E-state index is -0.351. The number of aromatic nitrogens is 2. The Morgan fingerprint density at radius 2 is 1.51 bits per heavy atom. The number of para-hydroxylation sites is 2. The molecule has 0 aliphatic heterocycles. The van der Waals surface area contributed by atoms with Gasteiger partial charge in [0.25, 0.3) is 5.69 Å². The first-order valence-corrected chi connectivity index (χ1v) is 13.6. The lowest BCUT2D eigenvalue weighted by atomic mass is 10.0. The molecule has 0 fully saturated rings. The van der Waals surface area contributed by atoms with Gasteiger partial charge in [-0.2, -0.15) is 0 Å². The molecule has 9 heteroatoms. The molecular formula is C32H30N6O3. The number of non-ortho nitro benzene ring substituents is 1. The molecule has 0 radical (unpaired) electrons. The third-order valence-corrected chi connectivity index (χ3v) is 7.50. The van der Waals surface area contributed by atoms with E-state index in [9.17, 15) is 14.9 Å². The Morgan fingerprint density at radius 1 is 0.805 bits per heavy atom. The van der Waals surface area contributed by atoms with Crippen LogP contribution in [0.1, 0.15) is 11.1 Å². The summed E-state index contributed by atoms with van der Waals surface area (Å²) < 4.78 is 0. The van der Waals surface area contributed by atoms with E-state index in [1.54, 1.807) is 12.1 Å². The number of nitro benzene ring substituents is 1. The summed E-state index contributed by atoms with van der Waals surface area (Å²) in [6.45, 7) is 6.40. The highest BCUT2D eigenvalue weighted by Crippen LogP contribution is 2.37. The Morgan fingerprint density at radius 3 is 2.32 bits per heavy atom. The number of hydrogen-bond donors (Lipinski definition) is 4. The van der Waals surface area contributed by atoms with Crippen LogP contribution in [0.15, 0.2) is 77.6 Å². The third kappa shape index (κ3) is 4.81. The lowest BCUT2D eigenvalue weighted by Gasteiger charge is -2.15. The van der Waals surface area contributed by atoms with Gasteiger partial charge in [-0.25, -0.2) is 4.98 Å². The Kier molecular flexibility index (Phi) is 6.94. The lowest BCUT2D eigenvalue weighted by Crippen LogP contribution is -2.27. The quantitative estimate of drug-likeness (QED) is 0.0756. The molecule has 4 N–H and O–H groups in total. The molecule has 0 amide bonds. The molecule has 2 heterocycles. The molecular weight excluding hydrogens is 516 g/mol. The van der Waals surface area contributed by atoms with Crippen molar-refractivity contribution in [2.45, 2.75) is 13.8 Å². The van der Waals surface area contributed by atoms with Crippen LogP contribution in [0.3, 0.4) is 0 Å². The Balaban J connectivity index is 1.15. The number of pyridine rings is 2. The molecule has 0 bridgehead atoms. The van der Waals surface area contributed by atoms with Crippen molar-refractivity contribution < 1.29 is 4.92 Å². The van der Waals surface area contributed by atoms with Gasteiger partial charge in [-0.1, -0.05) is 42.5 Å². The van der Waals surface area contributed by atoms with Gasteiger partial charge < -0.3 is 20.9 Å². The maximum atomic E-state index is 13.3. The van der Waals surface area contributed by atoms with E-state index in [2.05, 4.69) is 20.9 Å². The highest BCUT2D eigenvalue weighted by molar-refractivity contribution is 6.12. The average Bonchev–Trinajstić information content (AvgIpc) is 2.98. The summed E-state index contributed by atoms with van der Waals surface area (Å²) >= 11 is 0. The van der Waals surface area contributed by atoms with E-state index in [0.29, 0.717) is 47.9 Å². The summed E-state index contributed by atoms with van der Waals surface area (Å²) in [7, 11) is 0. The summed E-state index contributed by atoms with van der Waals surface area (Å²) in [4.78, 5) is 33.0. The van der Waals surface area contributed by atoms with Gasteiger partial charge in [-0.15, -0.1) is 0 Å². The molecule has 0 saturated heterocycles. The summed E-state index contributed by atoms with van der Waals surface area (Å²) in [5.41, 5.74) is 6.57. The molecule has 0 aliphatic rings. The minimum Gasteiger partial charge on any atom is -0.383 e. The van der Waals surface area contributed by atoms with Crippen molar-refractivity contribution in [3.05, 3.63) is 104 Å². The van der Waals surface area contributed by atoms with Gasteiger partial charge in [0.1, 0.15) is 5.39 Å². The second kappa shape index (κ2) is 10.9. The van der Waals surface area contributed by atoms with Crippen LogP contribution in [0.2, 0.25) is 0 Å². The summed E-state index contributed by atoms with van der Waals surface area (Å²) in [5.74, 6) is 0. The van der Waals surface area contributed by atoms with Crippen LogP contribution in [0.5, 0.6) is 0 Å². The van der Waals surface area contributed by atoms with Crippen LogP contribution < -0.4 is 21.4 Å². The van der Waals surface area contributed by atoms with Crippen LogP contribution in [-0.2, 0) is 0 Å². The first kappa shape index (κ1) is 26.2. The van der Waals surface area contributed by atoms with E-state index in [1.807, 2.05) is 74.5 Å². The molecule has 41 heavy (non-hydrogen) atoms. The van der Waals surface area contributed by atoms with Gasteiger partial charge in [0.2, 0.25) is 0 Å². The van der Waals surface area contributed by atoms with Gasteiger partial charge in [-0.05, 0) is 49.2 Å². The maximum absolute atomic E-state index is 13.3. The fourth-order valence-corrected chi connectivity index (χ4v) is 5.45. The first-order valence-electron chi connectivity index (χ1n) is 13.6. The van der Waals surface area contributed by atoms with E-state index < -0.39 is 0 Å². The topological polar surface area (TPSA) is 125 Å². The molecule has 0 atom stereocenters. The number of hydrogen-bond acceptors (Lipinski definition) is 7. The van der Waals surface area contributed by atoms with Crippen LogP contribution in [0.25, 0.3) is 43.6 Å². The number of aryl methyl sites for hydroxylation is 2. The fraction of sp³-hybridized carbons (Fsp3) is 0.188. The average molecular weight is 547 g/mol.